The molecule has 0 radical (unpaired) electrons. The molecule has 1 aliphatic rings. The van der Waals surface area contributed by atoms with Crippen molar-refractivity contribution in [2.24, 2.45) is 0 Å². The summed E-state index contributed by atoms with van der Waals surface area (Å²) in [5, 5.41) is 10.1. The van der Waals surface area contributed by atoms with Gasteiger partial charge >= 0.3 is 5.97 Å². The van der Waals surface area contributed by atoms with Crippen LogP contribution < -0.4 is 4.90 Å². The van der Waals surface area contributed by atoms with Gasteiger partial charge in [-0.3, -0.25) is 0 Å². The minimum atomic E-state index is -0.881. The van der Waals surface area contributed by atoms with Crippen LogP contribution in [0.5, 0.6) is 0 Å². The number of ether oxygens (including phenoxy) is 1. The van der Waals surface area contributed by atoms with E-state index < -0.39 is 5.97 Å². The zero-order valence-electron chi connectivity index (χ0n) is 12.4. The van der Waals surface area contributed by atoms with E-state index in [0.717, 1.165) is 24.6 Å². The summed E-state index contributed by atoms with van der Waals surface area (Å²) in [5.41, 5.74) is 0.707. The normalized spacial score (nSPS) is 23.8. The molecule has 3 atom stereocenters. The average molecular weight is 298 g/mol. The van der Waals surface area contributed by atoms with Gasteiger partial charge in [0.2, 0.25) is 0 Å². The van der Waals surface area contributed by atoms with E-state index >= 15 is 0 Å². The fourth-order valence-corrected chi connectivity index (χ4v) is 3.57. The maximum Gasteiger partial charge on any atom is 0.347 e. The third kappa shape index (κ3) is 2.81. The van der Waals surface area contributed by atoms with Crippen molar-refractivity contribution in [3.8, 4) is 0 Å². The van der Waals surface area contributed by atoms with Crippen molar-refractivity contribution < 1.29 is 14.6 Å². The van der Waals surface area contributed by atoms with Gasteiger partial charge in [0.15, 0.2) is 5.13 Å². The van der Waals surface area contributed by atoms with Crippen LogP contribution in [0.15, 0.2) is 0 Å². The molecule has 1 fully saturated rings. The Balaban J connectivity index is 2.30. The van der Waals surface area contributed by atoms with Crippen LogP contribution in [0.3, 0.4) is 0 Å². The molecular weight excluding hydrogens is 276 g/mol. The molecule has 112 valence electrons. The lowest BCUT2D eigenvalue weighted by Crippen LogP contribution is -2.36. The van der Waals surface area contributed by atoms with Crippen molar-refractivity contribution in [2.75, 3.05) is 18.6 Å². The molecule has 6 heteroatoms. The Kier molecular flexibility index (Phi) is 4.65. The largest absolute Gasteiger partial charge is 0.477 e. The van der Waals surface area contributed by atoms with Gasteiger partial charge in [0, 0.05) is 13.7 Å². The third-order valence-corrected chi connectivity index (χ3v) is 5.20. The SMILES string of the molecule is CCC(C)c1nc(N(C)C2CCOC2C)sc1C(=O)O. The smallest absolute Gasteiger partial charge is 0.347 e. The second-order valence-corrected chi connectivity index (χ2v) is 6.35. The topological polar surface area (TPSA) is 62.7 Å². The minimum absolute atomic E-state index is 0.157. The number of aromatic carboxylic acids is 1. The molecule has 1 N–H and O–H groups in total. The third-order valence-electron chi connectivity index (χ3n) is 4.05. The number of rotatable bonds is 5. The summed E-state index contributed by atoms with van der Waals surface area (Å²) in [6.07, 6.45) is 2.00. The fraction of sp³-hybridized carbons (Fsp3) is 0.714. The van der Waals surface area contributed by atoms with Gasteiger partial charge in [-0.25, -0.2) is 9.78 Å². The Morgan fingerprint density at radius 1 is 1.65 bits per heavy atom. The van der Waals surface area contributed by atoms with Crippen LogP contribution in [-0.4, -0.2) is 41.9 Å². The van der Waals surface area contributed by atoms with Crippen LogP contribution in [0.1, 0.15) is 54.9 Å². The molecule has 1 aliphatic heterocycles. The molecule has 2 heterocycles. The van der Waals surface area contributed by atoms with Crippen molar-refractivity contribution in [2.45, 2.75) is 51.7 Å². The maximum absolute atomic E-state index is 11.4. The first-order chi connectivity index (χ1) is 9.45. The molecule has 0 amide bonds. The van der Waals surface area contributed by atoms with Crippen molar-refractivity contribution in [3.63, 3.8) is 0 Å². The van der Waals surface area contributed by atoms with Gasteiger partial charge in [-0.05, 0) is 25.7 Å². The maximum atomic E-state index is 11.4. The van der Waals surface area contributed by atoms with E-state index in [1.165, 1.54) is 11.3 Å². The highest BCUT2D eigenvalue weighted by atomic mass is 32.1. The standard InChI is InChI=1S/C14H22N2O3S/c1-5-8(2)11-12(13(17)18)20-14(15-11)16(4)10-6-7-19-9(10)3/h8-10H,5-7H2,1-4H3,(H,17,18). The molecule has 20 heavy (non-hydrogen) atoms. The molecule has 2 rings (SSSR count). The summed E-state index contributed by atoms with van der Waals surface area (Å²) in [5.74, 6) is -0.718. The van der Waals surface area contributed by atoms with Crippen LogP contribution in [0.2, 0.25) is 0 Å². The zero-order chi connectivity index (χ0) is 14.9. The van der Waals surface area contributed by atoms with Crippen molar-refractivity contribution in [3.05, 3.63) is 10.6 Å². The number of hydrogen-bond acceptors (Lipinski definition) is 5. The van der Waals surface area contributed by atoms with Gasteiger partial charge in [-0.2, -0.15) is 0 Å². The highest BCUT2D eigenvalue weighted by Gasteiger charge is 2.31. The Hall–Kier alpha value is -1.14. The molecule has 0 bridgehead atoms. The van der Waals surface area contributed by atoms with Crippen molar-refractivity contribution in [1.82, 2.24) is 4.98 Å². The first-order valence-corrected chi connectivity index (χ1v) is 7.85. The van der Waals surface area contributed by atoms with Gasteiger partial charge in [-0.15, -0.1) is 0 Å². The van der Waals surface area contributed by atoms with E-state index in [2.05, 4.69) is 16.8 Å². The molecular formula is C14H22N2O3S. The minimum Gasteiger partial charge on any atom is -0.477 e. The van der Waals surface area contributed by atoms with Gasteiger partial charge in [0.05, 0.1) is 17.8 Å². The predicted octanol–water partition coefficient (Wildman–Crippen LogP) is 2.97. The number of likely N-dealkylation sites (N-methyl/N-ethyl adjacent to an activating group) is 1. The molecule has 3 unspecified atom stereocenters. The molecule has 1 aromatic rings. The zero-order valence-corrected chi connectivity index (χ0v) is 13.2. The Morgan fingerprint density at radius 2 is 2.35 bits per heavy atom. The van der Waals surface area contributed by atoms with E-state index in [1.807, 2.05) is 20.9 Å². The molecule has 0 saturated carbocycles. The number of nitrogens with zero attached hydrogens (tertiary/aromatic N) is 2. The first-order valence-electron chi connectivity index (χ1n) is 7.04. The molecule has 0 spiro atoms. The summed E-state index contributed by atoms with van der Waals surface area (Å²) in [7, 11) is 1.97. The summed E-state index contributed by atoms with van der Waals surface area (Å²) < 4.78 is 5.58. The number of thiazole rings is 1. The summed E-state index contributed by atoms with van der Waals surface area (Å²) in [4.78, 5) is 18.4. The quantitative estimate of drug-likeness (QED) is 0.905. The van der Waals surface area contributed by atoms with Crippen LogP contribution in [0, 0.1) is 0 Å². The number of hydrogen-bond donors (Lipinski definition) is 1. The van der Waals surface area contributed by atoms with Crippen LogP contribution in [0.4, 0.5) is 5.13 Å². The van der Waals surface area contributed by atoms with Crippen molar-refractivity contribution >= 4 is 22.4 Å². The van der Waals surface area contributed by atoms with Gasteiger partial charge in [-0.1, -0.05) is 25.2 Å². The fourth-order valence-electron chi connectivity index (χ4n) is 2.52. The number of carbonyl (C=O) groups is 1. The second-order valence-electron chi connectivity index (χ2n) is 5.37. The highest BCUT2D eigenvalue weighted by Crippen LogP contribution is 2.34. The Morgan fingerprint density at radius 3 is 2.85 bits per heavy atom. The lowest BCUT2D eigenvalue weighted by Gasteiger charge is -2.26. The van der Waals surface area contributed by atoms with E-state index in [1.54, 1.807) is 0 Å². The first kappa shape index (κ1) is 15.3. The van der Waals surface area contributed by atoms with Gasteiger partial charge in [0.25, 0.3) is 0 Å². The van der Waals surface area contributed by atoms with E-state index in [4.69, 9.17) is 4.74 Å². The van der Waals surface area contributed by atoms with E-state index in [0.29, 0.717) is 10.6 Å². The molecule has 1 aromatic heterocycles. The Labute approximate surface area is 123 Å². The highest BCUT2D eigenvalue weighted by molar-refractivity contribution is 7.17. The Bertz CT molecular complexity index is 489. The van der Waals surface area contributed by atoms with Crippen LogP contribution >= 0.6 is 11.3 Å². The lowest BCUT2D eigenvalue weighted by atomic mass is 10.0. The molecule has 5 nitrogen and oxygen atoms in total. The number of carboxylic acid groups (broad SMARTS) is 1. The molecule has 0 aromatic carbocycles. The lowest BCUT2D eigenvalue weighted by molar-refractivity contribution is 0.0700. The number of anilines is 1. The summed E-state index contributed by atoms with van der Waals surface area (Å²) in [6.45, 7) is 6.87. The number of aromatic nitrogens is 1. The molecule has 0 aliphatic carbocycles. The number of carboxylic acids is 1. The van der Waals surface area contributed by atoms with E-state index in [9.17, 15) is 9.90 Å². The summed E-state index contributed by atoms with van der Waals surface area (Å²) in [6, 6.07) is 0.271. The van der Waals surface area contributed by atoms with Crippen molar-refractivity contribution in [1.29, 1.82) is 0 Å². The summed E-state index contributed by atoms with van der Waals surface area (Å²) >= 11 is 1.27. The average Bonchev–Trinajstić information content (AvgIpc) is 3.03. The van der Waals surface area contributed by atoms with Crippen LogP contribution in [-0.2, 0) is 4.74 Å². The second kappa shape index (κ2) is 6.10. The monoisotopic (exact) mass is 298 g/mol. The predicted molar refractivity (Wildman–Crippen MR) is 80.0 cm³/mol. The van der Waals surface area contributed by atoms with E-state index in [-0.39, 0.29) is 18.1 Å². The van der Waals surface area contributed by atoms with Gasteiger partial charge in [0.1, 0.15) is 4.88 Å². The molecule has 1 saturated heterocycles. The van der Waals surface area contributed by atoms with Gasteiger partial charge < -0.3 is 14.7 Å². The van der Waals surface area contributed by atoms with Crippen LogP contribution in [0.25, 0.3) is 0 Å².